The van der Waals surface area contributed by atoms with Crippen molar-refractivity contribution in [2.75, 3.05) is 13.1 Å². The zero-order chi connectivity index (χ0) is 13.8. The fourth-order valence-electron chi connectivity index (χ4n) is 2.82. The van der Waals surface area contributed by atoms with Gasteiger partial charge in [0.1, 0.15) is 0 Å². The Morgan fingerprint density at radius 1 is 0.850 bits per heavy atom. The van der Waals surface area contributed by atoms with E-state index in [0.717, 1.165) is 24.2 Å². The molecule has 0 amide bonds. The summed E-state index contributed by atoms with van der Waals surface area (Å²) in [5.41, 5.74) is 2.88. The number of rotatable bonds is 3. The minimum Gasteiger partial charge on any atom is -0.317 e. The minimum absolute atomic E-state index is 0.0995. The van der Waals surface area contributed by atoms with Gasteiger partial charge in [0.15, 0.2) is 5.78 Å². The largest absolute Gasteiger partial charge is 0.317 e. The van der Waals surface area contributed by atoms with Crippen molar-refractivity contribution in [3.05, 3.63) is 71.3 Å². The lowest BCUT2D eigenvalue weighted by atomic mass is 9.89. The summed E-state index contributed by atoms with van der Waals surface area (Å²) < 4.78 is 0. The number of nitrogens with one attached hydrogen (secondary N) is 1. The second kappa shape index (κ2) is 6.02. The Morgan fingerprint density at radius 3 is 2.10 bits per heavy atom. The predicted molar refractivity (Wildman–Crippen MR) is 81.2 cm³/mol. The zero-order valence-electron chi connectivity index (χ0n) is 11.5. The molecule has 3 rings (SSSR count). The van der Waals surface area contributed by atoms with E-state index >= 15 is 0 Å². The third kappa shape index (κ3) is 2.81. The Balaban J connectivity index is 1.77. The van der Waals surface area contributed by atoms with Crippen molar-refractivity contribution >= 4 is 5.78 Å². The maximum atomic E-state index is 12.3. The third-order valence-corrected chi connectivity index (χ3v) is 4.02. The summed E-state index contributed by atoms with van der Waals surface area (Å²) in [6.07, 6.45) is 2.37. The number of hydrogen-bond donors (Lipinski definition) is 1. The average Bonchev–Trinajstić information content (AvgIpc) is 2.56. The molecule has 0 unspecified atom stereocenters. The molecule has 1 fully saturated rings. The fraction of sp³-hybridized carbons (Fsp3) is 0.278. The van der Waals surface area contributed by atoms with Gasteiger partial charge in [-0.25, -0.2) is 0 Å². The summed E-state index contributed by atoms with van der Waals surface area (Å²) in [5, 5.41) is 3.38. The molecule has 0 saturated carbocycles. The number of piperidine rings is 1. The molecule has 20 heavy (non-hydrogen) atoms. The number of ketones is 1. The predicted octanol–water partition coefficient (Wildman–Crippen LogP) is 3.38. The van der Waals surface area contributed by atoms with Crippen molar-refractivity contribution in [1.29, 1.82) is 0 Å². The van der Waals surface area contributed by atoms with E-state index in [1.165, 1.54) is 18.4 Å². The second-order valence-corrected chi connectivity index (χ2v) is 5.34. The van der Waals surface area contributed by atoms with E-state index < -0.39 is 0 Å². The van der Waals surface area contributed by atoms with Crippen molar-refractivity contribution < 1.29 is 4.79 Å². The molecule has 1 N–H and O–H groups in total. The lowest BCUT2D eigenvalue weighted by Crippen LogP contribution is -2.26. The Kier molecular flexibility index (Phi) is 3.93. The Hall–Kier alpha value is -1.93. The van der Waals surface area contributed by atoms with Gasteiger partial charge < -0.3 is 5.32 Å². The first-order valence-corrected chi connectivity index (χ1v) is 7.25. The molecule has 1 aliphatic heterocycles. The fourth-order valence-corrected chi connectivity index (χ4v) is 2.82. The molecule has 1 aliphatic rings. The van der Waals surface area contributed by atoms with Crippen LogP contribution in [0.5, 0.6) is 0 Å². The number of hydrogen-bond acceptors (Lipinski definition) is 2. The molecule has 0 radical (unpaired) electrons. The molecule has 0 aliphatic carbocycles. The van der Waals surface area contributed by atoms with Crippen LogP contribution in [0.25, 0.3) is 0 Å². The molecule has 0 atom stereocenters. The number of benzene rings is 2. The molecular weight excluding hydrogens is 246 g/mol. The average molecular weight is 265 g/mol. The topological polar surface area (TPSA) is 29.1 Å². The summed E-state index contributed by atoms with van der Waals surface area (Å²) in [4.78, 5) is 12.3. The van der Waals surface area contributed by atoms with Crippen LogP contribution in [-0.4, -0.2) is 18.9 Å². The lowest BCUT2D eigenvalue weighted by Gasteiger charge is -2.23. The van der Waals surface area contributed by atoms with Crippen LogP contribution in [-0.2, 0) is 0 Å². The first-order chi connectivity index (χ1) is 9.84. The third-order valence-electron chi connectivity index (χ3n) is 4.02. The maximum Gasteiger partial charge on any atom is 0.193 e. The van der Waals surface area contributed by atoms with Gasteiger partial charge >= 0.3 is 0 Å². The molecule has 1 saturated heterocycles. The van der Waals surface area contributed by atoms with Crippen LogP contribution in [0.4, 0.5) is 0 Å². The first-order valence-electron chi connectivity index (χ1n) is 7.25. The Bertz CT molecular complexity index is 568. The molecule has 102 valence electrons. The van der Waals surface area contributed by atoms with E-state index in [-0.39, 0.29) is 5.78 Å². The summed E-state index contributed by atoms with van der Waals surface area (Å²) in [6, 6.07) is 17.6. The second-order valence-electron chi connectivity index (χ2n) is 5.34. The van der Waals surface area contributed by atoms with Crippen LogP contribution >= 0.6 is 0 Å². The highest BCUT2D eigenvalue weighted by molar-refractivity contribution is 6.08. The normalized spacial score (nSPS) is 16.0. The standard InChI is InChI=1S/C18H19NO/c20-18(16-4-2-1-3-5-16)17-8-6-14(7-9-17)15-10-12-19-13-11-15/h1-9,15,19H,10-13H2. The molecule has 0 bridgehead atoms. The first kappa shape index (κ1) is 13.1. The van der Waals surface area contributed by atoms with E-state index in [9.17, 15) is 4.79 Å². The Labute approximate surface area is 119 Å². The SMILES string of the molecule is O=C(c1ccccc1)c1ccc(C2CCNCC2)cc1. The maximum absolute atomic E-state index is 12.3. The van der Waals surface area contributed by atoms with Gasteiger partial charge in [0.05, 0.1) is 0 Å². The van der Waals surface area contributed by atoms with E-state index in [1.807, 2.05) is 42.5 Å². The number of carbonyl (C=O) groups is 1. The highest BCUT2D eigenvalue weighted by Crippen LogP contribution is 2.25. The van der Waals surface area contributed by atoms with Gasteiger partial charge in [-0.15, -0.1) is 0 Å². The van der Waals surface area contributed by atoms with Gasteiger partial charge in [-0.2, -0.15) is 0 Å². The van der Waals surface area contributed by atoms with Crippen molar-refractivity contribution in [3.8, 4) is 0 Å². The highest BCUT2D eigenvalue weighted by Gasteiger charge is 2.15. The van der Waals surface area contributed by atoms with Gasteiger partial charge in [0.2, 0.25) is 0 Å². The van der Waals surface area contributed by atoms with Crippen molar-refractivity contribution in [2.24, 2.45) is 0 Å². The van der Waals surface area contributed by atoms with Crippen molar-refractivity contribution in [1.82, 2.24) is 5.32 Å². The molecule has 0 spiro atoms. The van der Waals surface area contributed by atoms with Gasteiger partial charge in [0.25, 0.3) is 0 Å². The van der Waals surface area contributed by atoms with Gasteiger partial charge in [-0.1, -0.05) is 54.6 Å². The smallest absolute Gasteiger partial charge is 0.193 e. The van der Waals surface area contributed by atoms with E-state index in [0.29, 0.717) is 5.92 Å². The molecule has 2 heteroatoms. The lowest BCUT2D eigenvalue weighted by molar-refractivity contribution is 0.103. The van der Waals surface area contributed by atoms with Crippen LogP contribution in [0.3, 0.4) is 0 Å². The quantitative estimate of drug-likeness (QED) is 0.862. The van der Waals surface area contributed by atoms with E-state index in [1.54, 1.807) is 0 Å². The van der Waals surface area contributed by atoms with Crippen LogP contribution in [0.2, 0.25) is 0 Å². The van der Waals surface area contributed by atoms with Crippen LogP contribution in [0, 0.1) is 0 Å². The summed E-state index contributed by atoms with van der Waals surface area (Å²) in [6.45, 7) is 2.19. The molecule has 2 nitrogen and oxygen atoms in total. The summed E-state index contributed by atoms with van der Waals surface area (Å²) >= 11 is 0. The minimum atomic E-state index is 0.0995. The van der Waals surface area contributed by atoms with E-state index in [4.69, 9.17) is 0 Å². The van der Waals surface area contributed by atoms with E-state index in [2.05, 4.69) is 17.4 Å². The number of carbonyl (C=O) groups excluding carboxylic acids is 1. The van der Waals surface area contributed by atoms with Crippen LogP contribution in [0.1, 0.15) is 40.2 Å². The van der Waals surface area contributed by atoms with Crippen molar-refractivity contribution in [2.45, 2.75) is 18.8 Å². The van der Waals surface area contributed by atoms with Crippen LogP contribution in [0.15, 0.2) is 54.6 Å². The monoisotopic (exact) mass is 265 g/mol. The zero-order valence-corrected chi connectivity index (χ0v) is 11.5. The molecule has 2 aromatic carbocycles. The summed E-state index contributed by atoms with van der Waals surface area (Å²) in [7, 11) is 0. The van der Waals surface area contributed by atoms with Gasteiger partial charge in [-0.05, 0) is 37.4 Å². The molecule has 0 aromatic heterocycles. The molecule has 1 heterocycles. The van der Waals surface area contributed by atoms with Gasteiger partial charge in [-0.3, -0.25) is 4.79 Å². The van der Waals surface area contributed by atoms with Crippen molar-refractivity contribution in [3.63, 3.8) is 0 Å². The Morgan fingerprint density at radius 2 is 1.45 bits per heavy atom. The molecule has 2 aromatic rings. The molecular formula is C18H19NO. The summed E-state index contributed by atoms with van der Waals surface area (Å²) in [5.74, 6) is 0.736. The highest BCUT2D eigenvalue weighted by atomic mass is 16.1. The van der Waals surface area contributed by atoms with Gasteiger partial charge in [0, 0.05) is 11.1 Å². The van der Waals surface area contributed by atoms with Crippen LogP contribution < -0.4 is 5.32 Å².